The van der Waals surface area contributed by atoms with Crippen LogP contribution in [0, 0.1) is 5.82 Å². The first kappa shape index (κ1) is 8.81. The van der Waals surface area contributed by atoms with Crippen molar-refractivity contribution in [2.24, 2.45) is 0 Å². The second-order valence-corrected chi connectivity index (χ2v) is 3.09. The normalized spacial score (nSPS) is 10.1. The SMILES string of the molecule is Oc1cc(F)cc(CCl)c1Br. The highest BCUT2D eigenvalue weighted by Crippen LogP contribution is 2.29. The fourth-order valence-electron chi connectivity index (χ4n) is 0.727. The zero-order valence-corrected chi connectivity index (χ0v) is 7.78. The Bertz CT molecular complexity index is 277. The van der Waals surface area contributed by atoms with Crippen LogP contribution in [0.2, 0.25) is 0 Å². The van der Waals surface area contributed by atoms with Crippen molar-refractivity contribution in [3.8, 4) is 5.75 Å². The Balaban J connectivity index is 3.24. The molecule has 1 nitrogen and oxygen atoms in total. The van der Waals surface area contributed by atoms with Gasteiger partial charge in [0.15, 0.2) is 0 Å². The summed E-state index contributed by atoms with van der Waals surface area (Å²) in [6.45, 7) is 0. The van der Waals surface area contributed by atoms with Gasteiger partial charge in [0.2, 0.25) is 0 Å². The van der Waals surface area contributed by atoms with Gasteiger partial charge in [-0.2, -0.15) is 0 Å². The molecule has 0 radical (unpaired) electrons. The van der Waals surface area contributed by atoms with E-state index in [0.717, 1.165) is 6.07 Å². The molecule has 1 aromatic rings. The van der Waals surface area contributed by atoms with Gasteiger partial charge in [-0.3, -0.25) is 0 Å². The molecule has 11 heavy (non-hydrogen) atoms. The molecule has 0 unspecified atom stereocenters. The van der Waals surface area contributed by atoms with Crippen LogP contribution in [0.25, 0.3) is 0 Å². The summed E-state index contributed by atoms with van der Waals surface area (Å²) in [7, 11) is 0. The lowest BCUT2D eigenvalue weighted by Gasteiger charge is -2.01. The van der Waals surface area contributed by atoms with E-state index in [9.17, 15) is 4.39 Å². The van der Waals surface area contributed by atoms with Gasteiger partial charge in [0.05, 0.1) is 4.47 Å². The molecule has 0 aliphatic rings. The van der Waals surface area contributed by atoms with Crippen LogP contribution in [0.3, 0.4) is 0 Å². The van der Waals surface area contributed by atoms with Crippen molar-refractivity contribution in [3.05, 3.63) is 28.0 Å². The van der Waals surface area contributed by atoms with E-state index in [2.05, 4.69) is 15.9 Å². The van der Waals surface area contributed by atoms with Crippen LogP contribution >= 0.6 is 27.5 Å². The molecule has 0 aliphatic carbocycles. The molecule has 0 spiro atoms. The Kier molecular flexibility index (Phi) is 2.73. The first-order valence-corrected chi connectivity index (χ1v) is 4.20. The standard InChI is InChI=1S/C7H5BrClFO/c8-7-4(3-9)1-5(10)2-6(7)11/h1-2,11H,3H2. The Morgan fingerprint density at radius 3 is 2.73 bits per heavy atom. The number of rotatable bonds is 1. The fraction of sp³-hybridized carbons (Fsp3) is 0.143. The minimum absolute atomic E-state index is 0.124. The van der Waals surface area contributed by atoms with Crippen LogP contribution in [0.5, 0.6) is 5.75 Å². The Labute approximate surface area is 76.9 Å². The smallest absolute Gasteiger partial charge is 0.132 e. The predicted molar refractivity (Wildman–Crippen MR) is 45.3 cm³/mol. The van der Waals surface area contributed by atoms with Crippen LogP contribution < -0.4 is 0 Å². The van der Waals surface area contributed by atoms with Crippen molar-refractivity contribution in [2.75, 3.05) is 0 Å². The van der Waals surface area contributed by atoms with Gasteiger partial charge in [-0.15, -0.1) is 11.6 Å². The van der Waals surface area contributed by atoms with Crippen molar-refractivity contribution in [3.63, 3.8) is 0 Å². The second kappa shape index (κ2) is 3.41. The van der Waals surface area contributed by atoms with Crippen molar-refractivity contribution < 1.29 is 9.50 Å². The lowest BCUT2D eigenvalue weighted by molar-refractivity contribution is 0.465. The van der Waals surface area contributed by atoms with Gasteiger partial charge in [-0.05, 0) is 27.6 Å². The van der Waals surface area contributed by atoms with E-state index in [1.54, 1.807) is 0 Å². The molecule has 0 aromatic heterocycles. The quantitative estimate of drug-likeness (QED) is 0.747. The maximum absolute atomic E-state index is 12.6. The van der Waals surface area contributed by atoms with E-state index in [0.29, 0.717) is 10.0 Å². The maximum Gasteiger partial charge on any atom is 0.132 e. The molecule has 0 saturated heterocycles. The summed E-state index contributed by atoms with van der Waals surface area (Å²) in [5, 5.41) is 9.07. The Morgan fingerprint density at radius 1 is 1.55 bits per heavy atom. The third-order valence-corrected chi connectivity index (χ3v) is 2.44. The van der Waals surface area contributed by atoms with Crippen LogP contribution in [0.1, 0.15) is 5.56 Å². The van der Waals surface area contributed by atoms with Gasteiger partial charge in [0, 0.05) is 11.9 Å². The van der Waals surface area contributed by atoms with E-state index >= 15 is 0 Å². The summed E-state index contributed by atoms with van der Waals surface area (Å²) in [4.78, 5) is 0. The van der Waals surface area contributed by atoms with Crippen molar-refractivity contribution in [1.82, 2.24) is 0 Å². The summed E-state index contributed by atoms with van der Waals surface area (Å²) in [5.74, 6) is -0.437. The molecule has 0 bridgehead atoms. The van der Waals surface area contributed by atoms with Crippen molar-refractivity contribution in [1.29, 1.82) is 0 Å². The average Bonchev–Trinajstić information content (AvgIpc) is 1.96. The number of halogens is 3. The van der Waals surface area contributed by atoms with E-state index < -0.39 is 5.82 Å². The largest absolute Gasteiger partial charge is 0.507 e. The fourth-order valence-corrected chi connectivity index (χ4v) is 1.47. The molecule has 0 saturated carbocycles. The molecule has 1 N–H and O–H groups in total. The Hall–Kier alpha value is -0.280. The lowest BCUT2D eigenvalue weighted by atomic mass is 10.2. The van der Waals surface area contributed by atoms with Gasteiger partial charge < -0.3 is 5.11 Å². The van der Waals surface area contributed by atoms with E-state index in [1.165, 1.54) is 6.07 Å². The molecule has 0 heterocycles. The van der Waals surface area contributed by atoms with Crippen molar-refractivity contribution >= 4 is 27.5 Å². The first-order chi connectivity index (χ1) is 5.15. The maximum atomic E-state index is 12.6. The van der Waals surface area contributed by atoms with Crippen LogP contribution in [0.4, 0.5) is 4.39 Å². The summed E-state index contributed by atoms with van der Waals surface area (Å²) in [6.07, 6.45) is 0. The summed E-state index contributed by atoms with van der Waals surface area (Å²) < 4.78 is 13.0. The first-order valence-electron chi connectivity index (χ1n) is 2.88. The highest BCUT2D eigenvalue weighted by atomic mass is 79.9. The molecule has 0 amide bonds. The molecule has 0 atom stereocenters. The van der Waals surface area contributed by atoms with E-state index in [-0.39, 0.29) is 11.6 Å². The van der Waals surface area contributed by atoms with Crippen LogP contribution in [0.15, 0.2) is 16.6 Å². The highest BCUT2D eigenvalue weighted by molar-refractivity contribution is 9.10. The molecular formula is C7H5BrClFO. The minimum atomic E-state index is -0.485. The summed E-state index contributed by atoms with van der Waals surface area (Å²) in [5.41, 5.74) is 0.546. The van der Waals surface area contributed by atoms with E-state index in [4.69, 9.17) is 16.7 Å². The van der Waals surface area contributed by atoms with Gasteiger partial charge >= 0.3 is 0 Å². The molecule has 1 rings (SSSR count). The van der Waals surface area contributed by atoms with Gasteiger partial charge in [0.25, 0.3) is 0 Å². The number of benzene rings is 1. The minimum Gasteiger partial charge on any atom is -0.507 e. The third kappa shape index (κ3) is 1.84. The number of alkyl halides is 1. The number of aromatic hydroxyl groups is 1. The molecule has 1 aromatic carbocycles. The molecule has 0 aliphatic heterocycles. The number of hydrogen-bond acceptors (Lipinski definition) is 1. The molecule has 0 fully saturated rings. The number of phenols is 1. The summed E-state index contributed by atoms with van der Waals surface area (Å²) in [6, 6.07) is 2.30. The van der Waals surface area contributed by atoms with Crippen molar-refractivity contribution in [2.45, 2.75) is 5.88 Å². The lowest BCUT2D eigenvalue weighted by Crippen LogP contribution is -1.84. The van der Waals surface area contributed by atoms with Gasteiger partial charge in [0.1, 0.15) is 11.6 Å². The number of phenolic OH excluding ortho intramolecular Hbond substituents is 1. The monoisotopic (exact) mass is 238 g/mol. The third-order valence-electron chi connectivity index (χ3n) is 1.24. The summed E-state index contributed by atoms with van der Waals surface area (Å²) >= 11 is 8.54. The topological polar surface area (TPSA) is 20.2 Å². The highest BCUT2D eigenvalue weighted by Gasteiger charge is 2.05. The second-order valence-electron chi connectivity index (χ2n) is 2.03. The van der Waals surface area contributed by atoms with E-state index in [1.807, 2.05) is 0 Å². The zero-order valence-electron chi connectivity index (χ0n) is 5.44. The van der Waals surface area contributed by atoms with Gasteiger partial charge in [-0.25, -0.2) is 4.39 Å². The molecule has 4 heteroatoms. The van der Waals surface area contributed by atoms with Crippen LogP contribution in [-0.2, 0) is 5.88 Å². The van der Waals surface area contributed by atoms with Crippen LogP contribution in [-0.4, -0.2) is 5.11 Å². The zero-order chi connectivity index (χ0) is 8.43. The molecule has 60 valence electrons. The molecular weight excluding hydrogens is 234 g/mol. The average molecular weight is 239 g/mol. The number of hydrogen-bond donors (Lipinski definition) is 1. The predicted octanol–water partition coefficient (Wildman–Crippen LogP) is 3.03. The van der Waals surface area contributed by atoms with Gasteiger partial charge in [-0.1, -0.05) is 0 Å². The Morgan fingerprint density at radius 2 is 2.18 bits per heavy atom.